The van der Waals surface area contributed by atoms with Crippen molar-refractivity contribution in [3.05, 3.63) is 12.1 Å². The largest absolute Gasteiger partial charge is 0.506 e. The number of hydrogen-bond acceptors (Lipinski definition) is 9. The number of aliphatic carboxylic acids is 2. The predicted octanol–water partition coefficient (Wildman–Crippen LogP) is -0.936. The molecule has 1 aromatic carbocycles. The molecule has 2 atom stereocenters. The normalized spacial score (nSPS) is 12.4. The van der Waals surface area contributed by atoms with Crippen molar-refractivity contribution >= 4 is 42.1 Å². The minimum absolute atomic E-state index is 0.122. The Morgan fingerprint density at radius 1 is 1.00 bits per heavy atom. The van der Waals surface area contributed by atoms with Gasteiger partial charge in [0.25, 0.3) is 0 Å². The molecule has 0 saturated heterocycles. The Bertz CT molecular complexity index is 787. The molecule has 12 nitrogen and oxygen atoms in total. The number of carboxylic acids is 2. The average Bonchev–Trinajstić information content (AvgIpc) is 2.66. The van der Waals surface area contributed by atoms with E-state index in [2.05, 4.69) is 28.6 Å². The van der Waals surface area contributed by atoms with Crippen LogP contribution in [0.25, 0.3) is 0 Å². The van der Waals surface area contributed by atoms with Crippen LogP contribution in [0.5, 0.6) is 17.2 Å². The number of phenolic OH excluding ortho intramolecular Hbond substituents is 3. The molecule has 0 radical (unpaired) electrons. The molecule has 0 aromatic heterocycles. The van der Waals surface area contributed by atoms with Crippen molar-refractivity contribution < 1.29 is 44.7 Å². The van der Waals surface area contributed by atoms with Gasteiger partial charge < -0.3 is 41.5 Å². The number of carbonyl (C=O) groups excluding carboxylic acids is 2. The Balaban J connectivity index is 2.71. The van der Waals surface area contributed by atoms with Gasteiger partial charge in [-0.25, -0.2) is 4.79 Å². The summed E-state index contributed by atoms with van der Waals surface area (Å²) >= 11 is 3.91. The highest BCUT2D eigenvalue weighted by Crippen LogP contribution is 2.40. The molecule has 0 bridgehead atoms. The van der Waals surface area contributed by atoms with Gasteiger partial charge in [-0.05, 0) is 18.6 Å². The van der Waals surface area contributed by atoms with E-state index < -0.39 is 65.3 Å². The molecule has 0 fully saturated rings. The Morgan fingerprint density at radius 3 is 2.17 bits per heavy atom. The molecule has 13 heteroatoms. The van der Waals surface area contributed by atoms with Crippen LogP contribution in [0, 0.1) is 0 Å². The van der Waals surface area contributed by atoms with Crippen molar-refractivity contribution in [2.24, 2.45) is 0 Å². The molecule has 0 saturated carbocycles. The Labute approximate surface area is 170 Å². The van der Waals surface area contributed by atoms with Crippen molar-refractivity contribution in [3.8, 4) is 17.2 Å². The lowest BCUT2D eigenvalue weighted by Gasteiger charge is -2.19. The second kappa shape index (κ2) is 10.8. The van der Waals surface area contributed by atoms with E-state index in [1.165, 1.54) is 0 Å². The van der Waals surface area contributed by atoms with E-state index in [-0.39, 0.29) is 18.6 Å². The SMILES string of the molecule is O=C(O)CNC(=O)[C@H](CS)NC(=O)CC[C@H](Nc1c(O)ccc(O)c1O)C(=O)O. The zero-order valence-electron chi connectivity index (χ0n) is 15.0. The second-order valence-electron chi connectivity index (χ2n) is 5.82. The number of amides is 2. The second-order valence-corrected chi connectivity index (χ2v) is 6.18. The molecule has 29 heavy (non-hydrogen) atoms. The van der Waals surface area contributed by atoms with Crippen LogP contribution in [0.4, 0.5) is 5.69 Å². The fourth-order valence-corrected chi connectivity index (χ4v) is 2.42. The molecule has 1 aromatic rings. The Hall–Kier alpha value is -3.35. The number of carbonyl (C=O) groups is 4. The maximum absolute atomic E-state index is 12.0. The lowest BCUT2D eigenvalue weighted by molar-refractivity contribution is -0.138. The van der Waals surface area contributed by atoms with E-state index in [4.69, 9.17) is 5.11 Å². The van der Waals surface area contributed by atoms with Crippen LogP contribution in [0.3, 0.4) is 0 Å². The van der Waals surface area contributed by atoms with Crippen molar-refractivity contribution in [1.82, 2.24) is 10.6 Å². The van der Waals surface area contributed by atoms with Crippen LogP contribution in [-0.4, -0.2) is 73.7 Å². The zero-order valence-corrected chi connectivity index (χ0v) is 15.8. The van der Waals surface area contributed by atoms with Crippen LogP contribution in [0.15, 0.2) is 12.1 Å². The van der Waals surface area contributed by atoms with Crippen molar-refractivity contribution in [3.63, 3.8) is 0 Å². The van der Waals surface area contributed by atoms with Gasteiger partial charge in [0, 0.05) is 12.2 Å². The lowest BCUT2D eigenvalue weighted by atomic mass is 10.1. The monoisotopic (exact) mass is 431 g/mol. The number of aromatic hydroxyl groups is 3. The summed E-state index contributed by atoms with van der Waals surface area (Å²) in [6.07, 6.45) is -0.660. The van der Waals surface area contributed by atoms with Crippen LogP contribution < -0.4 is 16.0 Å². The third-order valence-electron chi connectivity index (χ3n) is 3.66. The van der Waals surface area contributed by atoms with E-state index in [9.17, 15) is 39.6 Å². The van der Waals surface area contributed by atoms with E-state index in [1.54, 1.807) is 0 Å². The van der Waals surface area contributed by atoms with Gasteiger partial charge in [0.1, 0.15) is 30.1 Å². The number of nitrogens with one attached hydrogen (secondary N) is 3. The summed E-state index contributed by atoms with van der Waals surface area (Å²) in [5, 5.41) is 53.5. The highest BCUT2D eigenvalue weighted by molar-refractivity contribution is 7.80. The zero-order chi connectivity index (χ0) is 22.1. The molecule has 0 aliphatic rings. The first-order chi connectivity index (χ1) is 13.6. The van der Waals surface area contributed by atoms with Gasteiger partial charge in [-0.3, -0.25) is 14.4 Å². The van der Waals surface area contributed by atoms with Gasteiger partial charge in [0.2, 0.25) is 11.8 Å². The quantitative estimate of drug-likeness (QED) is 0.119. The van der Waals surface area contributed by atoms with Crippen molar-refractivity contribution in [2.75, 3.05) is 17.6 Å². The van der Waals surface area contributed by atoms with E-state index >= 15 is 0 Å². The Kier molecular flexibility index (Phi) is 8.86. The first kappa shape index (κ1) is 23.7. The predicted molar refractivity (Wildman–Crippen MR) is 102 cm³/mol. The molecular formula is C16H21N3O9S. The minimum atomic E-state index is -1.42. The topological polar surface area (TPSA) is 206 Å². The van der Waals surface area contributed by atoms with Gasteiger partial charge in [-0.1, -0.05) is 0 Å². The van der Waals surface area contributed by atoms with Gasteiger partial charge in [0.05, 0.1) is 0 Å². The standard InChI is InChI=1S/C16H21N3O9S/c20-9-2-3-10(21)14(25)13(9)19-7(16(27)28)1-4-11(22)18-8(6-29)15(26)17-5-12(23)24/h2-3,7-8,19-21,25,29H,1,4-6H2,(H,17,26)(H,18,22)(H,23,24)(H,27,28)/t7-,8-/m0/s1. The van der Waals surface area contributed by atoms with Crippen LogP contribution in [0.2, 0.25) is 0 Å². The highest BCUT2D eigenvalue weighted by atomic mass is 32.1. The number of phenols is 3. The van der Waals surface area contributed by atoms with Crippen molar-refractivity contribution in [1.29, 1.82) is 0 Å². The van der Waals surface area contributed by atoms with Gasteiger partial charge in [-0.15, -0.1) is 0 Å². The summed E-state index contributed by atoms with van der Waals surface area (Å²) in [7, 11) is 0. The molecule has 2 amide bonds. The van der Waals surface area contributed by atoms with Gasteiger partial charge >= 0.3 is 11.9 Å². The number of anilines is 1. The highest BCUT2D eigenvalue weighted by Gasteiger charge is 2.24. The fraction of sp³-hybridized carbons (Fsp3) is 0.375. The number of rotatable bonds is 11. The smallest absolute Gasteiger partial charge is 0.326 e. The average molecular weight is 431 g/mol. The summed E-state index contributed by atoms with van der Waals surface area (Å²) in [4.78, 5) is 45.7. The van der Waals surface area contributed by atoms with Crippen molar-refractivity contribution in [2.45, 2.75) is 24.9 Å². The van der Waals surface area contributed by atoms with E-state index in [0.29, 0.717) is 0 Å². The van der Waals surface area contributed by atoms with Gasteiger partial charge in [-0.2, -0.15) is 12.6 Å². The van der Waals surface area contributed by atoms with Crippen LogP contribution >= 0.6 is 12.6 Å². The molecule has 0 aliphatic heterocycles. The maximum atomic E-state index is 12.0. The maximum Gasteiger partial charge on any atom is 0.326 e. The third kappa shape index (κ3) is 7.29. The summed E-state index contributed by atoms with van der Waals surface area (Å²) in [6.45, 7) is -0.638. The number of carboxylic acid groups (broad SMARTS) is 2. The first-order valence-electron chi connectivity index (χ1n) is 8.19. The molecule has 0 spiro atoms. The van der Waals surface area contributed by atoms with Crippen LogP contribution in [0.1, 0.15) is 12.8 Å². The fourth-order valence-electron chi connectivity index (χ4n) is 2.17. The summed E-state index contributed by atoms with van der Waals surface area (Å²) in [5.41, 5.74) is -0.418. The van der Waals surface area contributed by atoms with E-state index in [1.807, 2.05) is 0 Å². The number of hydrogen-bond donors (Lipinski definition) is 9. The number of benzene rings is 1. The summed E-state index contributed by atoms with van der Waals surface area (Å²) in [5.74, 6) is -6.11. The minimum Gasteiger partial charge on any atom is -0.506 e. The first-order valence-corrected chi connectivity index (χ1v) is 8.83. The lowest BCUT2D eigenvalue weighted by Crippen LogP contribution is -2.49. The third-order valence-corrected chi connectivity index (χ3v) is 4.02. The summed E-state index contributed by atoms with van der Waals surface area (Å²) in [6, 6.07) is -0.502. The van der Waals surface area contributed by atoms with Crippen LogP contribution in [-0.2, 0) is 19.2 Å². The molecule has 0 unspecified atom stereocenters. The molecule has 0 aliphatic carbocycles. The van der Waals surface area contributed by atoms with Gasteiger partial charge in [0.15, 0.2) is 11.5 Å². The molecule has 8 N–H and O–H groups in total. The summed E-state index contributed by atoms with van der Waals surface area (Å²) < 4.78 is 0. The number of thiol groups is 1. The molecule has 0 heterocycles. The van der Waals surface area contributed by atoms with E-state index in [0.717, 1.165) is 12.1 Å². The molecule has 160 valence electrons. The molecular weight excluding hydrogens is 410 g/mol. The molecule has 1 rings (SSSR count). The Morgan fingerprint density at radius 2 is 1.62 bits per heavy atom.